The lowest BCUT2D eigenvalue weighted by atomic mass is 10.0. The van der Waals surface area contributed by atoms with E-state index in [0.29, 0.717) is 37.3 Å². The third kappa shape index (κ3) is 9.64. The zero-order valence-electron chi connectivity index (χ0n) is 31.1. The van der Waals surface area contributed by atoms with Crippen molar-refractivity contribution < 1.29 is 37.1 Å². The number of amides is 5. The number of nitrogens with one attached hydrogen (secondary N) is 4. The predicted molar refractivity (Wildman–Crippen MR) is 196 cm³/mol. The van der Waals surface area contributed by atoms with Gasteiger partial charge in [0.1, 0.15) is 28.9 Å². The molecule has 5 amide bonds. The smallest absolute Gasteiger partial charge is 0.408 e. The monoisotopic (exact) mass is 742 g/mol. The Hall–Kier alpha value is -4.14. The summed E-state index contributed by atoms with van der Waals surface area (Å²) in [5, 5.41) is 8.75. The summed E-state index contributed by atoms with van der Waals surface area (Å²) in [5.74, 6) is -1.79. The molecule has 0 radical (unpaired) electrons. The van der Waals surface area contributed by atoms with Crippen LogP contribution in [0.2, 0.25) is 0 Å². The van der Waals surface area contributed by atoms with E-state index in [-0.39, 0.29) is 31.7 Å². The van der Waals surface area contributed by atoms with Crippen LogP contribution in [0.1, 0.15) is 109 Å². The summed E-state index contributed by atoms with van der Waals surface area (Å²) in [7, 11) is -2.05. The molecule has 2 saturated carbocycles. The first-order valence-corrected chi connectivity index (χ1v) is 20.0. The van der Waals surface area contributed by atoms with Gasteiger partial charge in [-0.1, -0.05) is 57.7 Å². The van der Waals surface area contributed by atoms with Crippen LogP contribution in [-0.2, 0) is 36.2 Å². The number of likely N-dealkylation sites (tertiary alicyclic amines) is 1. The van der Waals surface area contributed by atoms with Gasteiger partial charge in [-0.2, -0.15) is 0 Å². The zero-order chi connectivity index (χ0) is 38.0. The van der Waals surface area contributed by atoms with E-state index in [4.69, 9.17) is 4.74 Å². The number of aryl methyl sites for hydroxylation is 1. The summed E-state index contributed by atoms with van der Waals surface area (Å²) in [5.41, 5.74) is -0.950. The highest BCUT2D eigenvalue weighted by Gasteiger charge is 2.55. The van der Waals surface area contributed by atoms with Crippen molar-refractivity contribution >= 4 is 50.6 Å². The van der Waals surface area contributed by atoms with Crippen molar-refractivity contribution in [2.24, 2.45) is 13.0 Å². The van der Waals surface area contributed by atoms with Crippen LogP contribution >= 0.6 is 0 Å². The highest BCUT2D eigenvalue weighted by Crippen LogP contribution is 2.38. The molecule has 15 heteroatoms. The minimum Gasteiger partial charge on any atom is -0.444 e. The number of ether oxygens (including phenoxy) is 1. The van der Waals surface area contributed by atoms with E-state index in [1.807, 2.05) is 24.3 Å². The molecule has 2 heterocycles. The van der Waals surface area contributed by atoms with Gasteiger partial charge in [0.2, 0.25) is 21.8 Å². The van der Waals surface area contributed by atoms with E-state index in [9.17, 15) is 32.4 Å². The van der Waals surface area contributed by atoms with E-state index in [0.717, 1.165) is 30.2 Å². The van der Waals surface area contributed by atoms with Crippen LogP contribution in [0, 0.1) is 5.92 Å². The van der Waals surface area contributed by atoms with E-state index in [1.54, 1.807) is 38.5 Å². The van der Waals surface area contributed by atoms with E-state index < -0.39 is 68.4 Å². The van der Waals surface area contributed by atoms with Crippen molar-refractivity contribution in [3.63, 3.8) is 0 Å². The normalized spacial score (nSPS) is 20.3. The van der Waals surface area contributed by atoms with Crippen LogP contribution in [0.15, 0.2) is 30.3 Å². The van der Waals surface area contributed by atoms with Crippen molar-refractivity contribution in [1.82, 2.24) is 30.1 Å². The Kier molecular flexibility index (Phi) is 11.6. The maximum atomic E-state index is 14.4. The quantitative estimate of drug-likeness (QED) is 0.199. The topological polar surface area (TPSA) is 185 Å². The van der Waals surface area contributed by atoms with Gasteiger partial charge in [0.25, 0.3) is 11.8 Å². The molecule has 4 N–H and O–H groups in total. The first kappa shape index (κ1) is 39.1. The van der Waals surface area contributed by atoms with Crippen LogP contribution in [-0.4, -0.2) is 88.7 Å². The lowest BCUT2D eigenvalue weighted by Gasteiger charge is -2.30. The second-order valence-electron chi connectivity index (χ2n) is 16.0. The van der Waals surface area contributed by atoms with Gasteiger partial charge in [-0.3, -0.25) is 23.9 Å². The van der Waals surface area contributed by atoms with Crippen molar-refractivity contribution in [2.45, 2.75) is 133 Å². The molecule has 286 valence electrons. The average Bonchev–Trinajstić information content (AvgIpc) is 3.98. The summed E-state index contributed by atoms with van der Waals surface area (Å²) < 4.78 is 34.5. The minimum atomic E-state index is -3.84. The number of hydrogen-bond donors (Lipinski definition) is 4. The van der Waals surface area contributed by atoms with Gasteiger partial charge in [-0.25, -0.2) is 13.2 Å². The number of carbonyl (C=O) groups excluding carboxylic acids is 5. The van der Waals surface area contributed by atoms with Crippen LogP contribution in [0.3, 0.4) is 0 Å². The summed E-state index contributed by atoms with van der Waals surface area (Å²) in [6.07, 6.45) is 4.49. The van der Waals surface area contributed by atoms with Gasteiger partial charge in [-0.05, 0) is 77.3 Å². The largest absolute Gasteiger partial charge is 0.444 e. The standard InChI is InChI=1S/C37H54N6O8S/c1-23(2)12-8-7-9-14-27(39-35(48)51-36(3,4)5)33(46)43-22-25(38-31(44)29-20-24-13-10-11-15-28(24)42(29)6)21-30(43)32(45)40-37(18-19-37)34(47)41-52(49,50)26-16-17-26/h10-11,13,15,20,23,25-27,30H,7-9,12,14,16-19,21-22H2,1-6H3,(H,38,44)(H,39,48)(H,40,45)(H,41,47)/t25-,27+,30+/m1/s1. The van der Waals surface area contributed by atoms with Gasteiger partial charge < -0.3 is 30.2 Å². The fourth-order valence-corrected chi connectivity index (χ4v) is 8.10. The van der Waals surface area contributed by atoms with Crippen molar-refractivity contribution in [3.8, 4) is 0 Å². The first-order valence-electron chi connectivity index (χ1n) is 18.4. The van der Waals surface area contributed by atoms with E-state index in [2.05, 4.69) is 34.5 Å². The number of aromatic nitrogens is 1. The summed E-state index contributed by atoms with van der Waals surface area (Å²) in [6, 6.07) is 6.59. The molecule has 0 spiro atoms. The lowest BCUT2D eigenvalue weighted by Crippen LogP contribution is -2.57. The fraction of sp³-hybridized carbons (Fsp3) is 0.649. The zero-order valence-corrected chi connectivity index (χ0v) is 31.9. The molecule has 3 aliphatic rings. The van der Waals surface area contributed by atoms with Crippen molar-refractivity contribution in [1.29, 1.82) is 0 Å². The lowest BCUT2D eigenvalue weighted by molar-refractivity contribution is -0.141. The average molecular weight is 743 g/mol. The number of hydrogen-bond acceptors (Lipinski definition) is 8. The Bertz CT molecular complexity index is 1790. The molecule has 5 rings (SSSR count). The van der Waals surface area contributed by atoms with E-state index in [1.165, 1.54) is 4.90 Å². The van der Waals surface area contributed by atoms with Crippen LogP contribution < -0.4 is 20.7 Å². The second-order valence-corrected chi connectivity index (χ2v) is 18.0. The minimum absolute atomic E-state index is 0.0261. The van der Waals surface area contributed by atoms with Crippen LogP contribution in [0.25, 0.3) is 10.9 Å². The molecule has 1 aromatic carbocycles. The van der Waals surface area contributed by atoms with Crippen LogP contribution in [0.5, 0.6) is 0 Å². The number of fused-ring (bicyclic) bond motifs is 1. The van der Waals surface area contributed by atoms with Gasteiger partial charge in [0.15, 0.2) is 0 Å². The Morgan fingerprint density at radius 3 is 2.29 bits per heavy atom. The highest BCUT2D eigenvalue weighted by molar-refractivity contribution is 7.91. The molecule has 1 aliphatic heterocycles. The van der Waals surface area contributed by atoms with Gasteiger partial charge in [-0.15, -0.1) is 0 Å². The van der Waals surface area contributed by atoms with Crippen LogP contribution in [0.4, 0.5) is 4.79 Å². The SMILES string of the molecule is CC(C)CCCCC[C@H](NC(=O)OC(C)(C)C)C(=O)N1C[C@H](NC(=O)c2cc3ccccc3n2C)C[C@H]1C(=O)NC1(C(=O)NS(=O)(=O)C2CC2)CC1. The molecule has 52 heavy (non-hydrogen) atoms. The Morgan fingerprint density at radius 1 is 1.00 bits per heavy atom. The number of benzene rings is 1. The van der Waals surface area contributed by atoms with E-state index >= 15 is 0 Å². The molecule has 14 nitrogen and oxygen atoms in total. The third-order valence-corrected chi connectivity index (χ3v) is 11.7. The van der Waals surface area contributed by atoms with Gasteiger partial charge in [0.05, 0.1) is 5.25 Å². The molecular weight excluding hydrogens is 689 g/mol. The first-order chi connectivity index (χ1) is 24.4. The second kappa shape index (κ2) is 15.5. The molecule has 1 aromatic heterocycles. The maximum absolute atomic E-state index is 14.4. The summed E-state index contributed by atoms with van der Waals surface area (Å²) >= 11 is 0. The molecule has 3 atom stereocenters. The molecule has 2 aromatic rings. The molecular formula is C37H54N6O8S. The molecule has 2 aliphatic carbocycles. The molecule has 1 saturated heterocycles. The number of sulfonamides is 1. The maximum Gasteiger partial charge on any atom is 0.408 e. The fourth-order valence-electron chi connectivity index (χ4n) is 6.73. The Labute approximate surface area is 306 Å². The number of rotatable bonds is 15. The third-order valence-electron chi connectivity index (χ3n) is 9.91. The summed E-state index contributed by atoms with van der Waals surface area (Å²) in [6.45, 7) is 9.43. The van der Waals surface area contributed by atoms with Crippen molar-refractivity contribution in [2.75, 3.05) is 6.54 Å². The van der Waals surface area contributed by atoms with Gasteiger partial charge in [0, 0.05) is 30.5 Å². The number of alkyl carbamates (subject to hydrolysis) is 1. The molecule has 3 fully saturated rings. The van der Waals surface area contributed by atoms with Crippen molar-refractivity contribution in [3.05, 3.63) is 36.0 Å². The number of para-hydroxylation sites is 1. The highest BCUT2D eigenvalue weighted by atomic mass is 32.2. The molecule has 0 bridgehead atoms. The molecule has 0 unspecified atom stereocenters. The Morgan fingerprint density at radius 2 is 1.67 bits per heavy atom. The number of nitrogens with zero attached hydrogens (tertiary/aromatic N) is 2. The number of unbranched alkanes of at least 4 members (excludes halogenated alkanes) is 2. The predicted octanol–water partition coefficient (Wildman–Crippen LogP) is 3.63. The summed E-state index contributed by atoms with van der Waals surface area (Å²) in [4.78, 5) is 69.5. The Balaban J connectivity index is 1.36. The number of carbonyl (C=O) groups is 5. The van der Waals surface area contributed by atoms with Gasteiger partial charge >= 0.3 is 6.09 Å².